The van der Waals surface area contributed by atoms with Gasteiger partial charge in [0.1, 0.15) is 17.6 Å². The molecule has 0 heterocycles. The Hall–Kier alpha value is -2.25. The molecule has 1 atom stereocenters. The fraction of sp³-hybridized carbons (Fsp3) is 0.133. The van der Waals surface area contributed by atoms with Crippen LogP contribution in [0.3, 0.4) is 0 Å². The summed E-state index contributed by atoms with van der Waals surface area (Å²) in [6, 6.07) is 10.6. The lowest BCUT2D eigenvalue weighted by Gasteiger charge is -2.17. The van der Waals surface area contributed by atoms with Gasteiger partial charge in [-0.05, 0) is 31.2 Å². The van der Waals surface area contributed by atoms with Crippen molar-refractivity contribution in [2.45, 2.75) is 13.0 Å². The number of nitrogens with zero attached hydrogens (tertiary/aromatic N) is 1. The van der Waals surface area contributed by atoms with Gasteiger partial charge < -0.3 is 10.4 Å². The third kappa shape index (κ3) is 3.01. The second kappa shape index (κ2) is 5.81. The van der Waals surface area contributed by atoms with Crippen LogP contribution in [0.2, 0.25) is 5.02 Å². The predicted molar refractivity (Wildman–Crippen MR) is 76.3 cm³/mol. The number of hydrogen-bond acceptors (Lipinski definition) is 3. The van der Waals surface area contributed by atoms with Gasteiger partial charge in [0.15, 0.2) is 0 Å². The molecule has 20 heavy (non-hydrogen) atoms. The molecule has 0 fully saturated rings. The Bertz CT molecular complexity index is 682. The molecule has 0 aliphatic heterocycles. The highest BCUT2D eigenvalue weighted by Crippen LogP contribution is 2.26. The number of nitrogens with one attached hydrogen (secondary N) is 1. The minimum atomic E-state index is -0.487. The van der Waals surface area contributed by atoms with Crippen LogP contribution in [0.1, 0.15) is 24.1 Å². The molecule has 0 aliphatic carbocycles. The minimum Gasteiger partial charge on any atom is -0.508 e. The summed E-state index contributed by atoms with van der Waals surface area (Å²) in [7, 11) is 0. The summed E-state index contributed by atoms with van der Waals surface area (Å²) in [5.41, 5.74) is 1.46. The maximum absolute atomic E-state index is 13.7. The van der Waals surface area contributed by atoms with E-state index in [-0.39, 0.29) is 11.8 Å². The van der Waals surface area contributed by atoms with Crippen molar-refractivity contribution in [2.75, 3.05) is 5.32 Å². The molecule has 2 rings (SSSR count). The van der Waals surface area contributed by atoms with Crippen molar-refractivity contribution in [3.63, 3.8) is 0 Å². The molecule has 0 aliphatic rings. The average molecular weight is 291 g/mol. The molecule has 2 aromatic rings. The zero-order chi connectivity index (χ0) is 14.7. The standard InChI is InChI=1S/C15H12ClFN2O/c1-9(13-4-3-12(20)7-15(13)17)19-11-2-5-14(16)10(6-11)8-18/h2-7,9,19-20H,1H3. The number of hydrogen-bond donors (Lipinski definition) is 2. The smallest absolute Gasteiger partial charge is 0.132 e. The first-order valence-corrected chi connectivity index (χ1v) is 6.33. The predicted octanol–water partition coefficient (Wildman–Crippen LogP) is 4.23. The fourth-order valence-electron chi connectivity index (χ4n) is 1.90. The van der Waals surface area contributed by atoms with Gasteiger partial charge in [0.05, 0.1) is 16.6 Å². The van der Waals surface area contributed by atoms with Gasteiger partial charge in [-0.1, -0.05) is 17.7 Å². The van der Waals surface area contributed by atoms with E-state index in [2.05, 4.69) is 5.32 Å². The van der Waals surface area contributed by atoms with Gasteiger partial charge in [0, 0.05) is 17.3 Å². The number of aromatic hydroxyl groups is 1. The highest BCUT2D eigenvalue weighted by molar-refractivity contribution is 6.31. The van der Waals surface area contributed by atoms with E-state index in [4.69, 9.17) is 16.9 Å². The zero-order valence-corrected chi connectivity index (χ0v) is 11.4. The van der Waals surface area contributed by atoms with E-state index in [1.54, 1.807) is 25.1 Å². The van der Waals surface area contributed by atoms with Crippen molar-refractivity contribution in [3.8, 4) is 11.8 Å². The summed E-state index contributed by atoms with van der Waals surface area (Å²) in [5.74, 6) is -0.601. The van der Waals surface area contributed by atoms with E-state index in [9.17, 15) is 9.50 Å². The van der Waals surface area contributed by atoms with Crippen LogP contribution in [0, 0.1) is 17.1 Å². The summed E-state index contributed by atoms with van der Waals surface area (Å²) >= 11 is 5.85. The molecule has 0 spiro atoms. The molecule has 1 unspecified atom stereocenters. The Morgan fingerprint density at radius 3 is 2.70 bits per heavy atom. The van der Waals surface area contributed by atoms with Crippen molar-refractivity contribution in [1.82, 2.24) is 0 Å². The number of phenols is 1. The molecule has 2 aromatic carbocycles. The van der Waals surface area contributed by atoms with Crippen molar-refractivity contribution < 1.29 is 9.50 Å². The van der Waals surface area contributed by atoms with E-state index in [1.807, 2.05) is 6.07 Å². The summed E-state index contributed by atoms with van der Waals surface area (Å²) in [5, 5.41) is 21.6. The zero-order valence-electron chi connectivity index (χ0n) is 10.7. The molecule has 0 aromatic heterocycles. The van der Waals surface area contributed by atoms with Gasteiger partial charge >= 0.3 is 0 Å². The Balaban J connectivity index is 2.23. The third-order valence-corrected chi connectivity index (χ3v) is 3.25. The van der Waals surface area contributed by atoms with Crippen LogP contribution in [0.15, 0.2) is 36.4 Å². The van der Waals surface area contributed by atoms with Crippen LogP contribution in [-0.2, 0) is 0 Å². The lowest BCUT2D eigenvalue weighted by molar-refractivity contribution is 0.467. The molecule has 0 saturated carbocycles. The van der Waals surface area contributed by atoms with Crippen LogP contribution < -0.4 is 5.32 Å². The summed E-state index contributed by atoms with van der Waals surface area (Å²) < 4.78 is 13.7. The molecule has 2 N–H and O–H groups in total. The van der Waals surface area contributed by atoms with Crippen LogP contribution in [0.4, 0.5) is 10.1 Å². The number of nitriles is 1. The SMILES string of the molecule is CC(Nc1ccc(Cl)c(C#N)c1)c1ccc(O)cc1F. The molecular weight excluding hydrogens is 279 g/mol. The van der Waals surface area contributed by atoms with Gasteiger partial charge in [-0.2, -0.15) is 5.26 Å². The number of phenolic OH excluding ortho intramolecular Hbond substituents is 1. The van der Waals surface area contributed by atoms with Crippen molar-refractivity contribution >= 4 is 17.3 Å². The Kier molecular flexibility index (Phi) is 4.11. The molecular formula is C15H12ClFN2O. The van der Waals surface area contributed by atoms with Gasteiger partial charge in [0.25, 0.3) is 0 Å². The largest absolute Gasteiger partial charge is 0.508 e. The van der Waals surface area contributed by atoms with Crippen LogP contribution in [0.25, 0.3) is 0 Å². The first-order valence-electron chi connectivity index (χ1n) is 5.96. The van der Waals surface area contributed by atoms with Gasteiger partial charge in [-0.15, -0.1) is 0 Å². The highest BCUT2D eigenvalue weighted by atomic mass is 35.5. The van der Waals surface area contributed by atoms with Crippen LogP contribution >= 0.6 is 11.6 Å². The topological polar surface area (TPSA) is 56.0 Å². The second-order valence-electron chi connectivity index (χ2n) is 4.38. The maximum atomic E-state index is 13.7. The first-order chi connectivity index (χ1) is 9.51. The molecule has 0 radical (unpaired) electrons. The number of halogens is 2. The Labute approximate surface area is 121 Å². The third-order valence-electron chi connectivity index (χ3n) is 2.92. The molecule has 0 saturated heterocycles. The lowest BCUT2D eigenvalue weighted by Crippen LogP contribution is -2.08. The van der Waals surface area contributed by atoms with Crippen molar-refractivity contribution in [1.29, 1.82) is 5.26 Å². The van der Waals surface area contributed by atoms with Gasteiger partial charge in [-0.25, -0.2) is 4.39 Å². The quantitative estimate of drug-likeness (QED) is 0.889. The summed E-state index contributed by atoms with van der Waals surface area (Å²) in [6.07, 6.45) is 0. The average Bonchev–Trinajstić information content (AvgIpc) is 2.40. The lowest BCUT2D eigenvalue weighted by atomic mass is 10.1. The molecule has 0 bridgehead atoms. The van der Waals surface area contributed by atoms with E-state index < -0.39 is 5.82 Å². The summed E-state index contributed by atoms with van der Waals surface area (Å²) in [6.45, 7) is 1.79. The molecule has 5 heteroatoms. The van der Waals surface area contributed by atoms with E-state index in [1.165, 1.54) is 12.1 Å². The van der Waals surface area contributed by atoms with Gasteiger partial charge in [0.2, 0.25) is 0 Å². The first kappa shape index (κ1) is 14.2. The Morgan fingerprint density at radius 2 is 2.05 bits per heavy atom. The van der Waals surface area contributed by atoms with Crippen molar-refractivity contribution in [2.24, 2.45) is 0 Å². The van der Waals surface area contributed by atoms with Crippen LogP contribution in [0.5, 0.6) is 5.75 Å². The second-order valence-corrected chi connectivity index (χ2v) is 4.79. The minimum absolute atomic E-state index is 0.114. The highest BCUT2D eigenvalue weighted by Gasteiger charge is 2.12. The maximum Gasteiger partial charge on any atom is 0.132 e. The monoisotopic (exact) mass is 290 g/mol. The number of rotatable bonds is 3. The van der Waals surface area contributed by atoms with Crippen molar-refractivity contribution in [3.05, 3.63) is 58.4 Å². The van der Waals surface area contributed by atoms with E-state index in [0.29, 0.717) is 21.8 Å². The fourth-order valence-corrected chi connectivity index (χ4v) is 2.06. The molecule has 3 nitrogen and oxygen atoms in total. The van der Waals surface area contributed by atoms with E-state index >= 15 is 0 Å². The number of benzene rings is 2. The summed E-state index contributed by atoms with van der Waals surface area (Å²) in [4.78, 5) is 0. The van der Waals surface area contributed by atoms with Crippen LogP contribution in [-0.4, -0.2) is 5.11 Å². The Morgan fingerprint density at radius 1 is 1.30 bits per heavy atom. The normalized spacial score (nSPS) is 11.7. The number of anilines is 1. The molecule has 102 valence electrons. The van der Waals surface area contributed by atoms with E-state index in [0.717, 1.165) is 6.07 Å². The van der Waals surface area contributed by atoms with Gasteiger partial charge in [-0.3, -0.25) is 0 Å². The molecule has 0 amide bonds.